The van der Waals surface area contributed by atoms with E-state index in [1.54, 1.807) is 0 Å². The van der Waals surface area contributed by atoms with Crippen LogP contribution in [0, 0.1) is 0 Å². The third kappa shape index (κ3) is 4.04. The van der Waals surface area contributed by atoms with Crippen molar-refractivity contribution in [2.75, 3.05) is 0 Å². The Morgan fingerprint density at radius 3 is 2.10 bits per heavy atom. The second-order valence-electron chi connectivity index (χ2n) is 3.76. The van der Waals surface area contributed by atoms with Gasteiger partial charge in [0.15, 0.2) is 0 Å². The molecule has 0 aliphatic rings. The second kappa shape index (κ2) is 4.11. The van der Waals surface area contributed by atoms with Crippen LogP contribution in [-0.4, -0.2) is 9.13 Å². The number of rotatable bonds is 3. The van der Waals surface area contributed by atoms with Crippen molar-refractivity contribution < 1.29 is 4.11 Å². The number of halogens is 1. The highest BCUT2D eigenvalue weighted by molar-refractivity contribution is 6.54. The minimum atomic E-state index is -1.57. The van der Waals surface area contributed by atoms with Crippen molar-refractivity contribution in [3.63, 3.8) is 0 Å². The molecule has 0 aromatic rings. The summed E-state index contributed by atoms with van der Waals surface area (Å²) in [6, 6.07) is 0.824. The first-order chi connectivity index (χ1) is 4.48. The van der Waals surface area contributed by atoms with Gasteiger partial charge in [0.2, 0.25) is 0 Å². The van der Waals surface area contributed by atoms with Crippen LogP contribution < -0.4 is 0 Å². The second-order valence-corrected chi connectivity index (χ2v) is 6.57. The molecule has 0 unspecified atom stereocenters. The molecule has 0 N–H and O–H groups in total. The molecule has 0 aromatic carbocycles. The first kappa shape index (κ1) is 10.1. The maximum atomic E-state index is 13.2. The van der Waals surface area contributed by atoms with Crippen LogP contribution >= 0.6 is 0 Å². The average Bonchev–Trinajstić information content (AvgIpc) is 1.80. The van der Waals surface area contributed by atoms with E-state index in [0.29, 0.717) is 0 Å². The Labute approximate surface area is 65.6 Å². The van der Waals surface area contributed by atoms with Gasteiger partial charge >= 0.3 is 0 Å². The predicted molar refractivity (Wildman–Crippen MR) is 46.3 cm³/mol. The van der Waals surface area contributed by atoms with Gasteiger partial charge in [-0.25, -0.2) is 0 Å². The zero-order valence-electron chi connectivity index (χ0n) is 7.50. The normalized spacial score (nSPS) is 12.6. The Bertz CT molecular complexity index is 85.7. The van der Waals surface area contributed by atoms with Gasteiger partial charge in [-0.15, -0.1) is 0 Å². The summed E-state index contributed by atoms with van der Waals surface area (Å²) in [5, 5.41) is -0.0557. The number of unbranched alkanes of at least 4 members (excludes halogenated alkanes) is 1. The van der Waals surface area contributed by atoms with Crippen LogP contribution in [0.1, 0.15) is 40.5 Å². The summed E-state index contributed by atoms with van der Waals surface area (Å²) in [6.45, 7) is 8.10. The third-order valence-electron chi connectivity index (χ3n) is 1.56. The quantitative estimate of drug-likeness (QED) is 0.438. The molecule has 0 spiro atoms. The fraction of sp³-hybridized carbons (Fsp3) is 1.00. The van der Waals surface area contributed by atoms with Gasteiger partial charge in [-0.3, -0.25) is 0 Å². The smallest absolute Gasteiger partial charge is 0.276 e. The van der Waals surface area contributed by atoms with E-state index in [2.05, 4.69) is 6.92 Å². The zero-order chi connectivity index (χ0) is 8.20. The Morgan fingerprint density at radius 1 is 1.30 bits per heavy atom. The van der Waals surface area contributed by atoms with E-state index in [0.717, 1.165) is 18.9 Å². The molecule has 0 rings (SSSR count). The van der Waals surface area contributed by atoms with Gasteiger partial charge in [0.25, 0.3) is 9.13 Å². The molecule has 0 bridgehead atoms. The molecule has 0 fully saturated rings. The largest absolute Gasteiger partial charge is 0.314 e. The molecule has 1 radical (unpaired) electrons. The molecule has 0 aliphatic carbocycles. The summed E-state index contributed by atoms with van der Waals surface area (Å²) in [6.07, 6.45) is 2.18. The van der Waals surface area contributed by atoms with Crippen LogP contribution in [-0.2, 0) is 0 Å². The van der Waals surface area contributed by atoms with Crippen molar-refractivity contribution in [2.24, 2.45) is 0 Å². The van der Waals surface area contributed by atoms with E-state index in [1.807, 2.05) is 20.8 Å². The lowest BCUT2D eigenvalue weighted by atomic mass is 10.2. The van der Waals surface area contributed by atoms with Crippen LogP contribution in [0.3, 0.4) is 0 Å². The van der Waals surface area contributed by atoms with Crippen LogP contribution in [0.25, 0.3) is 0 Å². The molecular formula is C8H18FSi. The molecule has 0 heterocycles. The lowest BCUT2D eigenvalue weighted by Crippen LogP contribution is -2.19. The summed E-state index contributed by atoms with van der Waals surface area (Å²) in [5.41, 5.74) is 0. The SMILES string of the molecule is CCCC[Si](F)C(C)(C)C. The molecule has 0 amide bonds. The summed E-state index contributed by atoms with van der Waals surface area (Å²) in [4.78, 5) is 0. The summed E-state index contributed by atoms with van der Waals surface area (Å²) in [5.74, 6) is 0. The van der Waals surface area contributed by atoms with E-state index in [4.69, 9.17) is 0 Å². The van der Waals surface area contributed by atoms with Gasteiger partial charge < -0.3 is 4.11 Å². The van der Waals surface area contributed by atoms with E-state index in [1.165, 1.54) is 0 Å². The van der Waals surface area contributed by atoms with Crippen LogP contribution in [0.2, 0.25) is 11.1 Å². The highest BCUT2D eigenvalue weighted by atomic mass is 28.3. The fourth-order valence-corrected chi connectivity index (χ4v) is 2.12. The van der Waals surface area contributed by atoms with Gasteiger partial charge in [0.1, 0.15) is 0 Å². The lowest BCUT2D eigenvalue weighted by Gasteiger charge is -2.20. The van der Waals surface area contributed by atoms with Crippen molar-refractivity contribution in [2.45, 2.75) is 51.6 Å². The topological polar surface area (TPSA) is 0 Å². The zero-order valence-corrected chi connectivity index (χ0v) is 8.50. The minimum Gasteiger partial charge on any atom is -0.314 e. The molecule has 2 heteroatoms. The van der Waals surface area contributed by atoms with E-state index >= 15 is 0 Å². The third-order valence-corrected chi connectivity index (χ3v) is 3.98. The molecule has 0 aliphatic heterocycles. The Morgan fingerprint density at radius 2 is 1.80 bits per heavy atom. The molecule has 0 aromatic heterocycles. The minimum absolute atomic E-state index is 0.0557. The summed E-state index contributed by atoms with van der Waals surface area (Å²) < 4.78 is 13.2. The van der Waals surface area contributed by atoms with Crippen LogP contribution in [0.5, 0.6) is 0 Å². The molecule has 0 saturated heterocycles. The van der Waals surface area contributed by atoms with Crippen LogP contribution in [0.15, 0.2) is 0 Å². The molecular weight excluding hydrogens is 143 g/mol. The lowest BCUT2D eigenvalue weighted by molar-refractivity contribution is 0.632. The molecule has 10 heavy (non-hydrogen) atoms. The Kier molecular flexibility index (Phi) is 4.18. The Balaban J connectivity index is 3.52. The van der Waals surface area contributed by atoms with Gasteiger partial charge in [-0.05, 0) is 11.1 Å². The highest BCUT2D eigenvalue weighted by Crippen LogP contribution is 2.30. The van der Waals surface area contributed by atoms with Gasteiger partial charge in [0.05, 0.1) is 0 Å². The van der Waals surface area contributed by atoms with E-state index < -0.39 is 9.13 Å². The summed E-state index contributed by atoms with van der Waals surface area (Å²) in [7, 11) is -1.57. The first-order valence-corrected chi connectivity index (χ1v) is 5.58. The van der Waals surface area contributed by atoms with E-state index in [-0.39, 0.29) is 5.04 Å². The van der Waals surface area contributed by atoms with Crippen molar-refractivity contribution in [3.8, 4) is 0 Å². The van der Waals surface area contributed by atoms with Crippen LogP contribution in [0.4, 0.5) is 4.11 Å². The molecule has 61 valence electrons. The maximum absolute atomic E-state index is 13.2. The average molecular weight is 161 g/mol. The Hall–Kier alpha value is 0.147. The van der Waals surface area contributed by atoms with Crippen molar-refractivity contribution in [1.29, 1.82) is 0 Å². The van der Waals surface area contributed by atoms with Crippen molar-refractivity contribution in [3.05, 3.63) is 0 Å². The molecule has 0 nitrogen and oxygen atoms in total. The van der Waals surface area contributed by atoms with Gasteiger partial charge in [0, 0.05) is 0 Å². The van der Waals surface area contributed by atoms with Gasteiger partial charge in [-0.1, -0.05) is 40.5 Å². The highest BCUT2D eigenvalue weighted by Gasteiger charge is 2.26. The van der Waals surface area contributed by atoms with Crippen molar-refractivity contribution in [1.82, 2.24) is 0 Å². The first-order valence-electron chi connectivity index (χ1n) is 4.00. The molecule has 0 atom stereocenters. The summed E-state index contributed by atoms with van der Waals surface area (Å²) >= 11 is 0. The number of hydrogen-bond acceptors (Lipinski definition) is 0. The molecule has 0 saturated carbocycles. The van der Waals surface area contributed by atoms with Crippen molar-refractivity contribution >= 4 is 9.13 Å². The predicted octanol–water partition coefficient (Wildman–Crippen LogP) is 3.55. The van der Waals surface area contributed by atoms with Gasteiger partial charge in [-0.2, -0.15) is 0 Å². The maximum Gasteiger partial charge on any atom is 0.276 e. The van der Waals surface area contributed by atoms with E-state index in [9.17, 15) is 4.11 Å². The monoisotopic (exact) mass is 161 g/mol. The number of hydrogen-bond donors (Lipinski definition) is 0. The standard InChI is InChI=1S/C8H18FSi/c1-5-6-7-10(9)8(2,3)4/h5-7H2,1-4H3. The fourth-order valence-electron chi connectivity index (χ4n) is 0.707.